The van der Waals surface area contributed by atoms with Crippen LogP contribution >= 0.6 is 0 Å². The zero-order chi connectivity index (χ0) is 27.7. The first kappa shape index (κ1) is 26.7. The average molecular weight is 545 g/mol. The van der Waals surface area contributed by atoms with Crippen molar-refractivity contribution in [2.75, 3.05) is 32.7 Å². The molecule has 2 saturated heterocycles. The summed E-state index contributed by atoms with van der Waals surface area (Å²) < 4.78 is 16.5. The number of hydrogen-bond donors (Lipinski definition) is 2. The van der Waals surface area contributed by atoms with Crippen LogP contribution in [-0.4, -0.2) is 63.8 Å². The van der Waals surface area contributed by atoms with Gasteiger partial charge in [0.25, 0.3) is 5.56 Å². The molecule has 0 bridgehead atoms. The average Bonchev–Trinajstić information content (AvgIpc) is 3.47. The molecule has 8 heteroatoms. The highest BCUT2D eigenvalue weighted by Crippen LogP contribution is 2.52. The fourth-order valence-electron chi connectivity index (χ4n) is 7.14. The van der Waals surface area contributed by atoms with Crippen molar-refractivity contribution >= 4 is 6.03 Å². The SMILES string of the molecule is O=C(N1CCC(O)(Cn2cc(F)c(-c3ccccc3)cc2=O)C2(CCCC2)C1)N1CCNC[C@H]1c1ccccc1. The van der Waals surface area contributed by atoms with Crippen LogP contribution in [0.1, 0.15) is 43.7 Å². The number of nitrogens with one attached hydrogen (secondary N) is 1. The Morgan fingerprint density at radius 1 is 1.00 bits per heavy atom. The van der Waals surface area contributed by atoms with Crippen LogP contribution in [0.5, 0.6) is 0 Å². The van der Waals surface area contributed by atoms with Gasteiger partial charge in [0.1, 0.15) is 5.82 Å². The number of aromatic nitrogens is 1. The molecule has 2 atom stereocenters. The van der Waals surface area contributed by atoms with Gasteiger partial charge in [-0.05, 0) is 30.4 Å². The number of aliphatic hydroxyl groups is 1. The number of urea groups is 1. The second-order valence-electron chi connectivity index (χ2n) is 11.7. The molecule has 7 nitrogen and oxygen atoms in total. The summed E-state index contributed by atoms with van der Waals surface area (Å²) in [6, 6.07) is 20.4. The Morgan fingerprint density at radius 3 is 2.42 bits per heavy atom. The van der Waals surface area contributed by atoms with E-state index in [2.05, 4.69) is 17.4 Å². The maximum absolute atomic E-state index is 15.2. The smallest absolute Gasteiger partial charge is 0.320 e. The summed E-state index contributed by atoms with van der Waals surface area (Å²) in [5.41, 5.74) is -0.0879. The van der Waals surface area contributed by atoms with Crippen LogP contribution in [0.4, 0.5) is 9.18 Å². The summed E-state index contributed by atoms with van der Waals surface area (Å²) in [6.07, 6.45) is 5.04. The normalized spacial score (nSPS) is 24.4. The first-order chi connectivity index (χ1) is 19.4. The van der Waals surface area contributed by atoms with Gasteiger partial charge < -0.3 is 24.8 Å². The molecule has 0 radical (unpaired) electrons. The number of likely N-dealkylation sites (tertiary alicyclic amines) is 1. The molecule has 1 unspecified atom stereocenters. The summed E-state index contributed by atoms with van der Waals surface area (Å²) in [5, 5.41) is 15.6. The maximum Gasteiger partial charge on any atom is 0.320 e. The molecule has 2 aliphatic heterocycles. The number of benzene rings is 2. The molecule has 3 fully saturated rings. The monoisotopic (exact) mass is 544 g/mol. The van der Waals surface area contributed by atoms with E-state index in [1.54, 1.807) is 12.1 Å². The van der Waals surface area contributed by atoms with Crippen LogP contribution in [0.15, 0.2) is 77.7 Å². The molecule has 2 N–H and O–H groups in total. The molecule has 3 aliphatic rings. The van der Waals surface area contributed by atoms with Gasteiger partial charge in [-0.15, -0.1) is 0 Å². The number of halogens is 1. The first-order valence-electron chi connectivity index (χ1n) is 14.4. The van der Waals surface area contributed by atoms with Crippen molar-refractivity contribution in [1.29, 1.82) is 0 Å². The van der Waals surface area contributed by atoms with Gasteiger partial charge >= 0.3 is 6.03 Å². The number of carbonyl (C=O) groups excluding carboxylic acids is 1. The van der Waals surface area contributed by atoms with Gasteiger partial charge in [-0.3, -0.25) is 4.79 Å². The van der Waals surface area contributed by atoms with Crippen LogP contribution in [0.25, 0.3) is 11.1 Å². The zero-order valence-corrected chi connectivity index (χ0v) is 22.8. The fourth-order valence-corrected chi connectivity index (χ4v) is 7.14. The van der Waals surface area contributed by atoms with E-state index in [0.717, 1.165) is 37.8 Å². The summed E-state index contributed by atoms with van der Waals surface area (Å²) in [5.74, 6) is -0.492. The van der Waals surface area contributed by atoms with Gasteiger partial charge in [-0.2, -0.15) is 0 Å². The molecule has 2 amide bonds. The van der Waals surface area contributed by atoms with Crippen molar-refractivity contribution in [2.45, 2.75) is 50.3 Å². The van der Waals surface area contributed by atoms with E-state index >= 15 is 4.39 Å². The van der Waals surface area contributed by atoms with Gasteiger partial charge in [0.15, 0.2) is 0 Å². The predicted octanol–water partition coefficient (Wildman–Crippen LogP) is 4.42. The molecule has 3 heterocycles. The van der Waals surface area contributed by atoms with Crippen molar-refractivity contribution in [3.05, 3.63) is 94.7 Å². The molecule has 40 heavy (non-hydrogen) atoms. The minimum atomic E-state index is -1.22. The number of rotatable bonds is 4. The molecule has 1 saturated carbocycles. The highest BCUT2D eigenvalue weighted by molar-refractivity contribution is 5.75. The summed E-state index contributed by atoms with van der Waals surface area (Å²) >= 11 is 0. The number of piperidine rings is 1. The molecule has 210 valence electrons. The van der Waals surface area contributed by atoms with Gasteiger partial charge in [0.05, 0.1) is 18.2 Å². The van der Waals surface area contributed by atoms with Crippen LogP contribution < -0.4 is 10.9 Å². The van der Waals surface area contributed by atoms with E-state index in [4.69, 9.17) is 0 Å². The van der Waals surface area contributed by atoms with E-state index in [9.17, 15) is 14.7 Å². The summed E-state index contributed by atoms with van der Waals surface area (Å²) in [4.78, 5) is 31.0. The quantitative estimate of drug-likeness (QED) is 0.510. The number of hydrogen-bond acceptors (Lipinski definition) is 4. The van der Waals surface area contributed by atoms with Gasteiger partial charge in [-0.1, -0.05) is 73.5 Å². The second-order valence-corrected chi connectivity index (χ2v) is 11.7. The topological polar surface area (TPSA) is 77.8 Å². The Kier molecular flexibility index (Phi) is 7.23. The second kappa shape index (κ2) is 10.8. The predicted molar refractivity (Wildman–Crippen MR) is 152 cm³/mol. The number of nitrogens with zero attached hydrogens (tertiary/aromatic N) is 3. The van der Waals surface area contributed by atoms with Gasteiger partial charge in [-0.25, -0.2) is 9.18 Å². The zero-order valence-electron chi connectivity index (χ0n) is 22.8. The molecular weight excluding hydrogens is 507 g/mol. The van der Waals surface area contributed by atoms with Crippen molar-refractivity contribution in [3.63, 3.8) is 0 Å². The number of pyridine rings is 1. The lowest BCUT2D eigenvalue weighted by Gasteiger charge is -2.53. The van der Waals surface area contributed by atoms with Crippen molar-refractivity contribution in [3.8, 4) is 11.1 Å². The molecule has 6 rings (SSSR count). The third-order valence-corrected chi connectivity index (χ3v) is 9.37. The lowest BCUT2D eigenvalue weighted by Crippen LogP contribution is -2.64. The third kappa shape index (κ3) is 4.84. The summed E-state index contributed by atoms with van der Waals surface area (Å²) in [7, 11) is 0. The van der Waals surface area contributed by atoms with Crippen LogP contribution in [0.2, 0.25) is 0 Å². The molecule has 1 aromatic heterocycles. The Labute approximate surface area is 234 Å². The van der Waals surface area contributed by atoms with E-state index < -0.39 is 16.8 Å². The minimum absolute atomic E-state index is 0.000830. The molecule has 1 aliphatic carbocycles. The Hall–Kier alpha value is -3.49. The van der Waals surface area contributed by atoms with E-state index in [-0.39, 0.29) is 29.7 Å². The molecule has 1 spiro atoms. The Balaban J connectivity index is 1.24. The Bertz CT molecular complexity index is 1410. The standard InChI is InChI=1S/C32H37FN4O3/c33-27-21-36(29(38)19-26(27)24-9-3-1-4-10-24)23-32(40)15-17-35(22-31(32)13-7-8-14-31)30(39)37-18-16-34-20-28(37)25-11-5-2-6-12-25/h1-6,9-12,19,21,28,34,40H,7-8,13-18,20,22-23H2/t28-,32?/m0/s1. The lowest BCUT2D eigenvalue weighted by atomic mass is 9.66. The Morgan fingerprint density at radius 2 is 1.70 bits per heavy atom. The lowest BCUT2D eigenvalue weighted by molar-refractivity contribution is -0.136. The van der Waals surface area contributed by atoms with E-state index in [1.165, 1.54) is 16.8 Å². The number of carbonyl (C=O) groups is 1. The molecule has 3 aromatic rings. The number of amides is 2. The first-order valence-corrected chi connectivity index (χ1v) is 14.4. The van der Waals surface area contributed by atoms with Crippen molar-refractivity contribution < 1.29 is 14.3 Å². The highest BCUT2D eigenvalue weighted by atomic mass is 19.1. The minimum Gasteiger partial charge on any atom is -0.387 e. The van der Waals surface area contributed by atoms with Crippen molar-refractivity contribution in [2.24, 2.45) is 5.41 Å². The maximum atomic E-state index is 15.2. The fraction of sp³-hybridized carbons (Fsp3) is 0.438. The van der Waals surface area contributed by atoms with Crippen LogP contribution in [0, 0.1) is 11.2 Å². The van der Waals surface area contributed by atoms with Crippen LogP contribution in [-0.2, 0) is 6.54 Å². The van der Waals surface area contributed by atoms with Crippen molar-refractivity contribution in [1.82, 2.24) is 19.7 Å². The van der Waals surface area contributed by atoms with Crippen LogP contribution in [0.3, 0.4) is 0 Å². The molecular formula is C32H37FN4O3. The third-order valence-electron chi connectivity index (χ3n) is 9.37. The van der Waals surface area contributed by atoms with Gasteiger partial charge in [0.2, 0.25) is 0 Å². The number of piperazine rings is 1. The van der Waals surface area contributed by atoms with E-state index in [1.807, 2.05) is 46.2 Å². The largest absolute Gasteiger partial charge is 0.387 e. The molecule has 2 aromatic carbocycles. The summed E-state index contributed by atoms with van der Waals surface area (Å²) in [6.45, 7) is 2.90. The highest BCUT2D eigenvalue weighted by Gasteiger charge is 2.56. The van der Waals surface area contributed by atoms with E-state index in [0.29, 0.717) is 38.2 Å². The van der Waals surface area contributed by atoms with Gasteiger partial charge in [0, 0.05) is 56.0 Å².